The van der Waals surface area contributed by atoms with Crippen LogP contribution in [0.1, 0.15) is 22.9 Å². The van der Waals surface area contributed by atoms with Crippen LogP contribution in [0.25, 0.3) is 0 Å². The van der Waals surface area contributed by atoms with Crippen molar-refractivity contribution in [2.45, 2.75) is 42.9 Å². The first kappa shape index (κ1) is 22.8. The quantitative estimate of drug-likeness (QED) is 0.596. The molecule has 0 radical (unpaired) electrons. The van der Waals surface area contributed by atoms with Crippen molar-refractivity contribution < 1.29 is 17.9 Å². The molecule has 2 heterocycles. The van der Waals surface area contributed by atoms with Gasteiger partial charge in [0.2, 0.25) is 6.23 Å². The Kier molecular flexibility index (Phi) is 6.35. The second-order valence-electron chi connectivity index (χ2n) is 7.92. The fraction of sp³-hybridized carbons (Fsp3) is 0.250. The first-order valence-corrected chi connectivity index (χ1v) is 11.9. The third kappa shape index (κ3) is 4.69. The van der Waals surface area contributed by atoms with Crippen molar-refractivity contribution in [2.75, 3.05) is 0 Å². The Balaban J connectivity index is 1.77. The lowest BCUT2D eigenvalue weighted by Crippen LogP contribution is -2.47. The van der Waals surface area contributed by atoms with Gasteiger partial charge in [-0.25, -0.2) is 13.2 Å². The molecule has 1 aliphatic rings. The molecule has 0 amide bonds. The molecule has 0 spiro atoms. The number of rotatable bonds is 6. The lowest BCUT2D eigenvalue weighted by Gasteiger charge is -2.35. The number of benzene rings is 2. The molecule has 172 valence electrons. The average Bonchev–Trinajstić information content (AvgIpc) is 2.81. The summed E-state index contributed by atoms with van der Waals surface area (Å²) in [6, 6.07) is 15.8. The third-order valence-corrected chi connectivity index (χ3v) is 7.58. The number of ether oxygens (including phenoxy) is 2. The second kappa shape index (κ2) is 9.21. The van der Waals surface area contributed by atoms with E-state index in [0.717, 1.165) is 15.7 Å². The van der Waals surface area contributed by atoms with Crippen LogP contribution in [0.4, 0.5) is 0 Å². The molecule has 3 aromatic rings. The van der Waals surface area contributed by atoms with Gasteiger partial charge in [0, 0.05) is 11.8 Å². The van der Waals surface area contributed by atoms with Crippen molar-refractivity contribution in [1.29, 1.82) is 0 Å². The summed E-state index contributed by atoms with van der Waals surface area (Å²) in [5, 5.41) is -1.12. The molecule has 4 rings (SSSR count). The molecule has 1 unspecified atom stereocenters. The highest BCUT2D eigenvalue weighted by Gasteiger charge is 2.43. The molecule has 9 heteroatoms. The Labute approximate surface area is 191 Å². The van der Waals surface area contributed by atoms with E-state index in [1.54, 1.807) is 31.2 Å². The lowest BCUT2D eigenvalue weighted by atomic mass is 10.1. The van der Waals surface area contributed by atoms with Crippen molar-refractivity contribution in [3.63, 3.8) is 0 Å². The van der Waals surface area contributed by atoms with Gasteiger partial charge in [-0.1, -0.05) is 48.0 Å². The molecular weight excluding hydrogens is 444 g/mol. The Hall–Kier alpha value is -3.43. The van der Waals surface area contributed by atoms with Gasteiger partial charge >= 0.3 is 5.69 Å². The van der Waals surface area contributed by atoms with Gasteiger partial charge in [0.1, 0.15) is 11.4 Å². The van der Waals surface area contributed by atoms with Gasteiger partial charge in [0.05, 0.1) is 17.8 Å². The number of nitrogens with one attached hydrogen (secondary N) is 1. The molecule has 8 nitrogen and oxygen atoms in total. The molecule has 3 atom stereocenters. The van der Waals surface area contributed by atoms with Crippen LogP contribution in [0.15, 0.2) is 87.6 Å². The van der Waals surface area contributed by atoms with Crippen LogP contribution in [0.2, 0.25) is 0 Å². The van der Waals surface area contributed by atoms with Crippen LogP contribution in [0.3, 0.4) is 0 Å². The minimum Gasteiger partial charge on any atom is -0.475 e. The summed E-state index contributed by atoms with van der Waals surface area (Å²) in [4.78, 5) is 26.8. The van der Waals surface area contributed by atoms with Crippen molar-refractivity contribution in [2.24, 2.45) is 0 Å². The van der Waals surface area contributed by atoms with Crippen LogP contribution in [0, 0.1) is 13.8 Å². The Morgan fingerprint density at radius 3 is 2.42 bits per heavy atom. The summed E-state index contributed by atoms with van der Waals surface area (Å²) >= 11 is 0. The van der Waals surface area contributed by atoms with Gasteiger partial charge in [-0.15, -0.1) is 0 Å². The van der Waals surface area contributed by atoms with E-state index in [4.69, 9.17) is 9.47 Å². The summed E-state index contributed by atoms with van der Waals surface area (Å²) < 4.78 is 40.1. The second-order valence-corrected chi connectivity index (χ2v) is 10.0. The fourth-order valence-electron chi connectivity index (χ4n) is 3.66. The van der Waals surface area contributed by atoms with E-state index in [2.05, 4.69) is 4.98 Å². The number of nitrogens with zero attached hydrogens (tertiary/aromatic N) is 1. The van der Waals surface area contributed by atoms with E-state index in [-0.39, 0.29) is 17.1 Å². The van der Waals surface area contributed by atoms with E-state index in [9.17, 15) is 18.0 Å². The van der Waals surface area contributed by atoms with E-state index in [0.29, 0.717) is 0 Å². The van der Waals surface area contributed by atoms with Gasteiger partial charge < -0.3 is 9.47 Å². The van der Waals surface area contributed by atoms with Crippen LogP contribution in [-0.4, -0.2) is 29.3 Å². The van der Waals surface area contributed by atoms with Gasteiger partial charge in [-0.3, -0.25) is 14.3 Å². The van der Waals surface area contributed by atoms with E-state index >= 15 is 0 Å². The summed E-state index contributed by atoms with van der Waals surface area (Å²) in [7, 11) is -3.88. The minimum absolute atomic E-state index is 0.107. The predicted molar refractivity (Wildman–Crippen MR) is 122 cm³/mol. The molecule has 0 saturated carbocycles. The number of sulfone groups is 1. The number of hydrogen-bond donors (Lipinski definition) is 1. The maximum absolute atomic E-state index is 13.6. The van der Waals surface area contributed by atoms with Crippen LogP contribution < -0.4 is 11.2 Å². The largest absolute Gasteiger partial charge is 0.475 e. The fourth-order valence-corrected chi connectivity index (χ4v) is 5.33. The highest BCUT2D eigenvalue weighted by molar-refractivity contribution is 7.92. The molecule has 0 aliphatic carbocycles. The standard InChI is InChI=1S/C24H24N2O6S/c1-16-8-10-19(11-9-16)33(29,30)20-12-13-31-23(26-14-17(2)22(27)25-24(26)28)21(20)32-15-18-6-4-3-5-7-18/h3-14,20-21,23H,15H2,1-2H3,(H,25,27,28)/t20?,21-,23-/m1/s1. The molecule has 2 aromatic carbocycles. The van der Waals surface area contributed by atoms with Crippen molar-refractivity contribution >= 4 is 9.84 Å². The van der Waals surface area contributed by atoms with Gasteiger partial charge in [0.15, 0.2) is 9.84 Å². The lowest BCUT2D eigenvalue weighted by molar-refractivity contribution is -0.0927. The summed E-state index contributed by atoms with van der Waals surface area (Å²) in [6.07, 6.45) is 1.86. The zero-order valence-corrected chi connectivity index (χ0v) is 19.0. The topological polar surface area (TPSA) is 107 Å². The Morgan fingerprint density at radius 2 is 1.73 bits per heavy atom. The smallest absolute Gasteiger partial charge is 0.331 e. The molecule has 1 aliphatic heterocycles. The Morgan fingerprint density at radius 1 is 1.03 bits per heavy atom. The number of hydrogen-bond acceptors (Lipinski definition) is 6. The zero-order valence-electron chi connectivity index (χ0n) is 18.2. The van der Waals surface area contributed by atoms with Crippen molar-refractivity contribution in [3.8, 4) is 0 Å². The SMILES string of the molecule is Cc1ccc(S(=O)(=O)C2C=CO[C@@H](n3cc(C)c(=O)[nH]c3=O)[C@@H]2OCc2ccccc2)cc1. The summed E-state index contributed by atoms with van der Waals surface area (Å²) in [5.74, 6) is 0. The van der Waals surface area contributed by atoms with Gasteiger partial charge in [-0.05, 0) is 37.6 Å². The maximum atomic E-state index is 13.6. The van der Waals surface area contributed by atoms with Crippen LogP contribution >= 0.6 is 0 Å². The van der Waals surface area contributed by atoms with Crippen molar-refractivity contribution in [3.05, 3.63) is 111 Å². The van der Waals surface area contributed by atoms with Crippen LogP contribution in [-0.2, 0) is 25.9 Å². The maximum Gasteiger partial charge on any atom is 0.331 e. The normalized spacial score (nSPS) is 20.4. The first-order chi connectivity index (χ1) is 15.8. The molecule has 0 bridgehead atoms. The monoisotopic (exact) mass is 468 g/mol. The minimum atomic E-state index is -3.88. The third-order valence-electron chi connectivity index (χ3n) is 5.50. The first-order valence-electron chi connectivity index (χ1n) is 10.4. The van der Waals surface area contributed by atoms with E-state index < -0.39 is 38.7 Å². The van der Waals surface area contributed by atoms with Crippen LogP contribution in [0.5, 0.6) is 0 Å². The number of aryl methyl sites for hydroxylation is 2. The molecular formula is C24H24N2O6S. The molecule has 33 heavy (non-hydrogen) atoms. The van der Waals surface area contributed by atoms with E-state index in [1.807, 2.05) is 37.3 Å². The highest BCUT2D eigenvalue weighted by Crippen LogP contribution is 2.32. The van der Waals surface area contributed by atoms with Gasteiger partial charge in [0.25, 0.3) is 5.56 Å². The Bertz CT molecular complexity index is 1370. The summed E-state index contributed by atoms with van der Waals surface area (Å²) in [6.45, 7) is 3.53. The molecule has 1 N–H and O–H groups in total. The molecule has 0 fully saturated rings. The highest BCUT2D eigenvalue weighted by atomic mass is 32.2. The molecule has 0 saturated heterocycles. The molecule has 1 aromatic heterocycles. The number of H-pyrrole nitrogens is 1. The van der Waals surface area contributed by atoms with E-state index in [1.165, 1.54) is 18.5 Å². The van der Waals surface area contributed by atoms with Crippen molar-refractivity contribution in [1.82, 2.24) is 9.55 Å². The predicted octanol–water partition coefficient (Wildman–Crippen LogP) is 2.62. The number of aromatic amines is 1. The number of aromatic nitrogens is 2. The van der Waals surface area contributed by atoms with Gasteiger partial charge in [-0.2, -0.15) is 0 Å². The average molecular weight is 469 g/mol. The summed E-state index contributed by atoms with van der Waals surface area (Å²) in [5.41, 5.74) is 0.815. The zero-order chi connectivity index (χ0) is 23.6.